The molecule has 17 heavy (non-hydrogen) atoms. The summed E-state index contributed by atoms with van der Waals surface area (Å²) < 4.78 is 5.46. The Hall–Kier alpha value is -0.870. The van der Waals surface area contributed by atoms with E-state index in [1.165, 1.54) is 0 Å². The van der Waals surface area contributed by atoms with E-state index in [1.54, 1.807) is 11.3 Å². The van der Waals surface area contributed by atoms with Crippen LogP contribution in [0.3, 0.4) is 0 Å². The zero-order valence-electron chi connectivity index (χ0n) is 10.2. The van der Waals surface area contributed by atoms with E-state index in [4.69, 9.17) is 4.74 Å². The first-order chi connectivity index (χ1) is 8.27. The lowest BCUT2D eigenvalue weighted by molar-refractivity contribution is -0.159. The SMILES string of the molecule is CCC1(C(=O)OCc2cccs2)CCNCC1. The summed E-state index contributed by atoms with van der Waals surface area (Å²) in [6, 6.07) is 3.98. The van der Waals surface area contributed by atoms with Crippen LogP contribution in [0.15, 0.2) is 17.5 Å². The fourth-order valence-corrected chi connectivity index (χ4v) is 2.91. The Kier molecular flexibility index (Phi) is 4.18. The predicted octanol–water partition coefficient (Wildman–Crippen LogP) is 2.57. The van der Waals surface area contributed by atoms with Crippen LogP contribution in [-0.2, 0) is 16.1 Å². The smallest absolute Gasteiger partial charge is 0.312 e. The Morgan fingerprint density at radius 3 is 2.88 bits per heavy atom. The Morgan fingerprint density at radius 1 is 1.53 bits per heavy atom. The molecule has 1 aromatic rings. The molecule has 1 aliphatic heterocycles. The highest BCUT2D eigenvalue weighted by atomic mass is 32.1. The molecule has 0 radical (unpaired) electrons. The van der Waals surface area contributed by atoms with Crippen molar-refractivity contribution in [1.82, 2.24) is 5.32 Å². The van der Waals surface area contributed by atoms with Gasteiger partial charge >= 0.3 is 5.97 Å². The lowest BCUT2D eigenvalue weighted by atomic mass is 9.77. The van der Waals surface area contributed by atoms with Crippen LogP contribution < -0.4 is 5.32 Å². The van der Waals surface area contributed by atoms with Gasteiger partial charge in [0.2, 0.25) is 0 Å². The normalized spacial score (nSPS) is 18.9. The molecule has 0 aliphatic carbocycles. The van der Waals surface area contributed by atoms with Gasteiger partial charge in [0.1, 0.15) is 6.61 Å². The Labute approximate surface area is 106 Å². The zero-order valence-corrected chi connectivity index (χ0v) is 11.0. The number of hydrogen-bond donors (Lipinski definition) is 1. The van der Waals surface area contributed by atoms with Crippen LogP contribution in [0.25, 0.3) is 0 Å². The number of esters is 1. The average Bonchev–Trinajstić information content (AvgIpc) is 2.90. The van der Waals surface area contributed by atoms with Crippen molar-refractivity contribution in [3.8, 4) is 0 Å². The van der Waals surface area contributed by atoms with E-state index in [9.17, 15) is 4.79 Å². The Bertz CT molecular complexity index is 356. The molecule has 0 bridgehead atoms. The predicted molar refractivity (Wildman–Crippen MR) is 68.9 cm³/mol. The number of carbonyl (C=O) groups is 1. The number of hydrogen-bond acceptors (Lipinski definition) is 4. The highest BCUT2D eigenvalue weighted by Crippen LogP contribution is 2.34. The molecule has 1 aliphatic rings. The lowest BCUT2D eigenvalue weighted by Gasteiger charge is -2.34. The maximum Gasteiger partial charge on any atom is 0.312 e. The van der Waals surface area contributed by atoms with Crippen molar-refractivity contribution in [2.45, 2.75) is 32.8 Å². The molecule has 94 valence electrons. The van der Waals surface area contributed by atoms with E-state index >= 15 is 0 Å². The molecule has 1 saturated heterocycles. The number of nitrogens with one attached hydrogen (secondary N) is 1. The Balaban J connectivity index is 1.93. The number of piperidine rings is 1. The van der Waals surface area contributed by atoms with E-state index < -0.39 is 0 Å². The van der Waals surface area contributed by atoms with Crippen molar-refractivity contribution in [3.05, 3.63) is 22.4 Å². The van der Waals surface area contributed by atoms with Gasteiger partial charge in [-0.3, -0.25) is 4.79 Å². The first-order valence-electron chi connectivity index (χ1n) is 6.17. The number of thiophene rings is 1. The number of ether oxygens (including phenoxy) is 1. The van der Waals surface area contributed by atoms with Gasteiger partial charge in [-0.2, -0.15) is 0 Å². The van der Waals surface area contributed by atoms with Gasteiger partial charge in [0.15, 0.2) is 0 Å². The number of carbonyl (C=O) groups excluding carboxylic acids is 1. The van der Waals surface area contributed by atoms with E-state index in [2.05, 4.69) is 12.2 Å². The van der Waals surface area contributed by atoms with Gasteiger partial charge in [-0.15, -0.1) is 11.3 Å². The molecule has 3 nitrogen and oxygen atoms in total. The standard InChI is InChI=1S/C13H19NO2S/c1-2-13(5-7-14-8-6-13)12(15)16-10-11-4-3-9-17-11/h3-4,9,14H,2,5-8,10H2,1H3. The summed E-state index contributed by atoms with van der Waals surface area (Å²) in [4.78, 5) is 13.3. The van der Waals surface area contributed by atoms with Gasteiger partial charge < -0.3 is 10.1 Å². The number of rotatable bonds is 4. The van der Waals surface area contributed by atoms with Gasteiger partial charge in [0.25, 0.3) is 0 Å². The van der Waals surface area contributed by atoms with Gasteiger partial charge in [0.05, 0.1) is 5.41 Å². The van der Waals surface area contributed by atoms with E-state index in [1.807, 2.05) is 17.5 Å². The van der Waals surface area contributed by atoms with Crippen molar-refractivity contribution in [2.24, 2.45) is 5.41 Å². The summed E-state index contributed by atoms with van der Waals surface area (Å²) in [5, 5.41) is 5.30. The Morgan fingerprint density at radius 2 is 2.29 bits per heavy atom. The van der Waals surface area contributed by atoms with E-state index in [-0.39, 0.29) is 11.4 Å². The monoisotopic (exact) mass is 253 g/mol. The molecule has 0 saturated carbocycles. The van der Waals surface area contributed by atoms with Crippen molar-refractivity contribution in [1.29, 1.82) is 0 Å². The van der Waals surface area contributed by atoms with Crippen molar-refractivity contribution < 1.29 is 9.53 Å². The largest absolute Gasteiger partial charge is 0.460 e. The second kappa shape index (κ2) is 5.65. The van der Waals surface area contributed by atoms with Crippen molar-refractivity contribution in [3.63, 3.8) is 0 Å². The van der Waals surface area contributed by atoms with Crippen LogP contribution in [0.2, 0.25) is 0 Å². The van der Waals surface area contributed by atoms with Crippen LogP contribution in [0.4, 0.5) is 0 Å². The van der Waals surface area contributed by atoms with Crippen molar-refractivity contribution >= 4 is 17.3 Å². The van der Waals surface area contributed by atoms with E-state index in [0.29, 0.717) is 6.61 Å². The molecular formula is C13H19NO2S. The highest BCUT2D eigenvalue weighted by Gasteiger charge is 2.39. The summed E-state index contributed by atoms with van der Waals surface area (Å²) in [5.41, 5.74) is -0.248. The quantitative estimate of drug-likeness (QED) is 0.838. The molecule has 4 heteroatoms. The third-order valence-corrected chi connectivity index (χ3v) is 4.45. The maximum absolute atomic E-state index is 12.2. The molecule has 1 aromatic heterocycles. The van der Waals surface area contributed by atoms with Gasteiger partial charge in [-0.1, -0.05) is 13.0 Å². The average molecular weight is 253 g/mol. The third-order valence-electron chi connectivity index (χ3n) is 3.60. The first-order valence-corrected chi connectivity index (χ1v) is 7.05. The molecule has 2 rings (SSSR count). The fraction of sp³-hybridized carbons (Fsp3) is 0.615. The second-order valence-corrected chi connectivity index (χ2v) is 5.57. The third kappa shape index (κ3) is 2.87. The summed E-state index contributed by atoms with van der Waals surface area (Å²) >= 11 is 1.63. The first kappa shape index (κ1) is 12.6. The van der Waals surface area contributed by atoms with Gasteiger partial charge in [0, 0.05) is 4.88 Å². The lowest BCUT2D eigenvalue weighted by Crippen LogP contribution is -2.42. The summed E-state index contributed by atoms with van der Waals surface area (Å²) in [7, 11) is 0. The molecule has 0 unspecified atom stereocenters. The molecule has 0 amide bonds. The van der Waals surface area contributed by atoms with Crippen LogP contribution in [0.5, 0.6) is 0 Å². The molecule has 0 spiro atoms. The topological polar surface area (TPSA) is 38.3 Å². The minimum Gasteiger partial charge on any atom is -0.460 e. The molecule has 2 heterocycles. The fourth-order valence-electron chi connectivity index (χ4n) is 2.29. The van der Waals surface area contributed by atoms with Crippen LogP contribution in [0, 0.1) is 5.41 Å². The van der Waals surface area contributed by atoms with Crippen molar-refractivity contribution in [2.75, 3.05) is 13.1 Å². The summed E-state index contributed by atoms with van der Waals surface area (Å²) in [5.74, 6) is -0.0186. The van der Waals surface area contributed by atoms with Gasteiger partial charge in [-0.25, -0.2) is 0 Å². The zero-order chi connectivity index (χ0) is 12.1. The minimum atomic E-state index is -0.248. The summed E-state index contributed by atoms with van der Waals surface area (Å²) in [6.07, 6.45) is 2.66. The molecular weight excluding hydrogens is 234 g/mol. The minimum absolute atomic E-state index is 0.0186. The van der Waals surface area contributed by atoms with Gasteiger partial charge in [-0.05, 0) is 43.8 Å². The van der Waals surface area contributed by atoms with Crippen LogP contribution in [0.1, 0.15) is 31.1 Å². The summed E-state index contributed by atoms with van der Waals surface area (Å²) in [6.45, 7) is 4.34. The highest BCUT2D eigenvalue weighted by molar-refractivity contribution is 7.09. The maximum atomic E-state index is 12.2. The molecule has 0 aromatic carbocycles. The molecule has 1 N–H and O–H groups in total. The van der Waals surface area contributed by atoms with Crippen LogP contribution >= 0.6 is 11.3 Å². The van der Waals surface area contributed by atoms with Crippen LogP contribution in [-0.4, -0.2) is 19.1 Å². The second-order valence-electron chi connectivity index (χ2n) is 4.54. The van der Waals surface area contributed by atoms with E-state index in [0.717, 1.165) is 37.2 Å². The molecule has 1 fully saturated rings. The molecule has 0 atom stereocenters.